The monoisotopic (exact) mass is 501 g/mol. The van der Waals surface area contributed by atoms with Crippen LogP contribution in [-0.2, 0) is 30.8 Å². The lowest BCUT2D eigenvalue weighted by atomic mass is 10.1. The van der Waals surface area contributed by atoms with E-state index in [4.69, 9.17) is 9.88 Å². The van der Waals surface area contributed by atoms with Gasteiger partial charge in [-0.2, -0.15) is 0 Å². The van der Waals surface area contributed by atoms with Crippen LogP contribution in [0, 0.1) is 0 Å². The largest absolute Gasteiger partial charge is 0.462 e. The van der Waals surface area contributed by atoms with Crippen molar-refractivity contribution in [2.45, 2.75) is 18.2 Å². The Morgan fingerprint density at radius 3 is 2.41 bits per heavy atom. The zero-order valence-electron chi connectivity index (χ0n) is 18.2. The number of esters is 1. The number of hydrogen-bond acceptors (Lipinski definition) is 7. The highest BCUT2D eigenvalue weighted by molar-refractivity contribution is 7.89. The molecule has 0 fully saturated rings. The molecule has 1 heterocycles. The number of nitrogens with one attached hydrogen (secondary N) is 2. The predicted molar refractivity (Wildman–Crippen MR) is 129 cm³/mol. The molecule has 1 aromatic heterocycles. The smallest absolute Gasteiger partial charge is 0.341 e. The second kappa shape index (κ2) is 11.1. The molecule has 3 rings (SSSR count). The molecule has 2 aromatic carbocycles. The highest BCUT2D eigenvalue weighted by atomic mass is 32.2. The van der Waals surface area contributed by atoms with Crippen LogP contribution in [0.25, 0.3) is 10.4 Å². The van der Waals surface area contributed by atoms with Gasteiger partial charge in [0, 0.05) is 4.88 Å². The molecule has 0 bridgehead atoms. The summed E-state index contributed by atoms with van der Waals surface area (Å²) in [5.74, 6) is -1.57. The Hall–Kier alpha value is -3.54. The SMILES string of the molecule is CCOC(=O)c1cc(-c2ccccc2)sc1NC(=O)CNC(=O)Cc1cccc(S(N)(=O)=O)c1. The van der Waals surface area contributed by atoms with Gasteiger partial charge in [-0.05, 0) is 36.2 Å². The second-order valence-electron chi connectivity index (χ2n) is 7.13. The van der Waals surface area contributed by atoms with E-state index < -0.39 is 27.8 Å². The van der Waals surface area contributed by atoms with Gasteiger partial charge in [0.2, 0.25) is 21.8 Å². The van der Waals surface area contributed by atoms with Crippen molar-refractivity contribution >= 4 is 44.1 Å². The summed E-state index contributed by atoms with van der Waals surface area (Å²) in [7, 11) is -3.89. The molecule has 2 amide bonds. The van der Waals surface area contributed by atoms with Gasteiger partial charge in [0.1, 0.15) is 5.00 Å². The van der Waals surface area contributed by atoms with E-state index in [9.17, 15) is 22.8 Å². The van der Waals surface area contributed by atoms with Crippen LogP contribution < -0.4 is 15.8 Å². The molecule has 0 unspecified atom stereocenters. The number of anilines is 1. The molecule has 0 saturated heterocycles. The average Bonchev–Trinajstić information content (AvgIpc) is 3.22. The number of nitrogens with two attached hydrogens (primary N) is 1. The van der Waals surface area contributed by atoms with Crippen molar-refractivity contribution in [1.82, 2.24) is 5.32 Å². The summed E-state index contributed by atoms with van der Waals surface area (Å²) in [4.78, 5) is 37.7. The molecule has 178 valence electrons. The maximum Gasteiger partial charge on any atom is 0.341 e. The maximum absolute atomic E-state index is 12.5. The Morgan fingerprint density at radius 1 is 1.00 bits per heavy atom. The fourth-order valence-corrected chi connectivity index (χ4v) is 4.67. The minimum Gasteiger partial charge on any atom is -0.462 e. The highest BCUT2D eigenvalue weighted by Crippen LogP contribution is 2.35. The number of sulfonamides is 1. The van der Waals surface area contributed by atoms with Gasteiger partial charge in [0.15, 0.2) is 0 Å². The van der Waals surface area contributed by atoms with Crippen molar-refractivity contribution in [3.63, 3.8) is 0 Å². The van der Waals surface area contributed by atoms with Crippen LogP contribution in [0.1, 0.15) is 22.8 Å². The molecule has 3 aromatic rings. The number of primary sulfonamides is 1. The quantitative estimate of drug-likeness (QED) is 0.384. The number of carbonyl (C=O) groups excluding carboxylic acids is 3. The number of thiophene rings is 1. The van der Waals surface area contributed by atoms with E-state index in [1.165, 1.54) is 29.5 Å². The molecule has 9 nitrogen and oxygen atoms in total. The first-order valence-electron chi connectivity index (χ1n) is 10.2. The average molecular weight is 502 g/mol. The zero-order valence-corrected chi connectivity index (χ0v) is 19.9. The molecule has 0 aliphatic heterocycles. The standard InChI is InChI=1S/C23H23N3O6S2/c1-2-32-23(29)18-13-19(16-8-4-3-5-9-16)33-22(18)26-21(28)14-25-20(27)12-15-7-6-10-17(11-15)34(24,30)31/h3-11,13H,2,12,14H2,1H3,(H,25,27)(H,26,28)(H2,24,30,31). The van der Waals surface area contributed by atoms with Gasteiger partial charge in [-0.25, -0.2) is 18.4 Å². The minimum atomic E-state index is -3.89. The topological polar surface area (TPSA) is 145 Å². The lowest BCUT2D eigenvalue weighted by Crippen LogP contribution is -2.33. The lowest BCUT2D eigenvalue weighted by molar-refractivity contribution is -0.123. The van der Waals surface area contributed by atoms with Gasteiger partial charge in [-0.3, -0.25) is 9.59 Å². The van der Waals surface area contributed by atoms with Gasteiger partial charge >= 0.3 is 5.97 Å². The molecule has 11 heteroatoms. The third kappa shape index (κ3) is 6.73. The number of ether oxygens (including phenoxy) is 1. The molecule has 0 atom stereocenters. The fraction of sp³-hybridized carbons (Fsp3) is 0.174. The predicted octanol–water partition coefficient (Wildman–Crippen LogP) is 2.54. The molecule has 0 spiro atoms. The van der Waals surface area contributed by atoms with Crippen molar-refractivity contribution in [3.8, 4) is 10.4 Å². The van der Waals surface area contributed by atoms with Crippen LogP contribution in [0.5, 0.6) is 0 Å². The summed E-state index contributed by atoms with van der Waals surface area (Å²) in [6.07, 6.45) is -0.137. The number of carbonyl (C=O) groups is 3. The van der Waals surface area contributed by atoms with Gasteiger partial charge < -0.3 is 15.4 Å². The van der Waals surface area contributed by atoms with E-state index in [0.717, 1.165) is 10.4 Å². The first kappa shape index (κ1) is 25.1. The Bertz CT molecular complexity index is 1300. The van der Waals surface area contributed by atoms with Crippen LogP contribution in [-0.4, -0.2) is 39.4 Å². The summed E-state index contributed by atoms with van der Waals surface area (Å²) in [6.45, 7) is 1.54. The molecule has 0 aliphatic carbocycles. The van der Waals surface area contributed by atoms with Gasteiger partial charge in [0.25, 0.3) is 0 Å². The number of amides is 2. The van der Waals surface area contributed by atoms with E-state index in [1.807, 2.05) is 30.3 Å². The van der Waals surface area contributed by atoms with Crippen LogP contribution in [0.2, 0.25) is 0 Å². The Morgan fingerprint density at radius 2 is 1.74 bits per heavy atom. The molecule has 34 heavy (non-hydrogen) atoms. The fourth-order valence-electron chi connectivity index (χ4n) is 3.02. The molecule has 0 aliphatic rings. The van der Waals surface area contributed by atoms with Crippen LogP contribution >= 0.6 is 11.3 Å². The molecular weight excluding hydrogens is 478 g/mol. The van der Waals surface area contributed by atoms with E-state index in [2.05, 4.69) is 10.6 Å². The van der Waals surface area contributed by atoms with E-state index >= 15 is 0 Å². The Labute approximate surface area is 201 Å². The lowest BCUT2D eigenvalue weighted by Gasteiger charge is -2.08. The van der Waals surface area contributed by atoms with Crippen LogP contribution in [0.15, 0.2) is 65.6 Å². The van der Waals surface area contributed by atoms with Gasteiger partial charge in [-0.1, -0.05) is 42.5 Å². The Balaban J connectivity index is 1.65. The molecule has 0 radical (unpaired) electrons. The van der Waals surface area contributed by atoms with Crippen molar-refractivity contribution in [1.29, 1.82) is 0 Å². The maximum atomic E-state index is 12.5. The van der Waals surface area contributed by atoms with E-state index in [1.54, 1.807) is 19.1 Å². The Kier molecular flexibility index (Phi) is 8.16. The third-order valence-electron chi connectivity index (χ3n) is 4.58. The summed E-state index contributed by atoms with van der Waals surface area (Å²) in [6, 6.07) is 16.7. The minimum absolute atomic E-state index is 0.103. The van der Waals surface area contributed by atoms with Crippen LogP contribution in [0.3, 0.4) is 0 Å². The number of hydrogen-bond donors (Lipinski definition) is 3. The summed E-state index contributed by atoms with van der Waals surface area (Å²) < 4.78 is 28.0. The molecular formula is C23H23N3O6S2. The normalized spacial score (nSPS) is 11.0. The van der Waals surface area contributed by atoms with Crippen molar-refractivity contribution in [3.05, 3.63) is 71.8 Å². The summed E-state index contributed by atoms with van der Waals surface area (Å²) in [5.41, 5.74) is 1.54. The zero-order chi connectivity index (χ0) is 24.7. The summed E-state index contributed by atoms with van der Waals surface area (Å²) >= 11 is 1.22. The van der Waals surface area contributed by atoms with Crippen molar-refractivity contribution in [2.24, 2.45) is 5.14 Å². The number of benzene rings is 2. The van der Waals surface area contributed by atoms with Gasteiger partial charge in [-0.15, -0.1) is 11.3 Å². The number of rotatable bonds is 9. The van der Waals surface area contributed by atoms with Crippen LogP contribution in [0.4, 0.5) is 5.00 Å². The first-order valence-corrected chi connectivity index (χ1v) is 12.6. The van der Waals surface area contributed by atoms with E-state index in [0.29, 0.717) is 10.6 Å². The third-order valence-corrected chi connectivity index (χ3v) is 6.59. The highest BCUT2D eigenvalue weighted by Gasteiger charge is 2.20. The summed E-state index contributed by atoms with van der Waals surface area (Å²) in [5, 5.41) is 10.6. The van der Waals surface area contributed by atoms with Gasteiger partial charge in [0.05, 0.1) is 30.0 Å². The molecule has 0 saturated carbocycles. The van der Waals surface area contributed by atoms with Crippen molar-refractivity contribution < 1.29 is 27.5 Å². The van der Waals surface area contributed by atoms with E-state index in [-0.39, 0.29) is 30.0 Å². The second-order valence-corrected chi connectivity index (χ2v) is 9.75. The molecule has 4 N–H and O–H groups in total. The van der Waals surface area contributed by atoms with Crippen molar-refractivity contribution in [2.75, 3.05) is 18.5 Å². The first-order chi connectivity index (χ1) is 16.2.